The van der Waals surface area contributed by atoms with E-state index in [2.05, 4.69) is 109 Å². The van der Waals surface area contributed by atoms with Crippen LogP contribution in [0, 0.1) is 5.92 Å². The first kappa shape index (κ1) is 22.6. The zero-order valence-corrected chi connectivity index (χ0v) is 20.4. The van der Waals surface area contributed by atoms with Crippen molar-refractivity contribution < 1.29 is 4.74 Å². The lowest BCUT2D eigenvalue weighted by atomic mass is 9.77. The number of fused-ring (bicyclic) bond motifs is 3. The fourth-order valence-corrected chi connectivity index (χ4v) is 5.63. The van der Waals surface area contributed by atoms with Gasteiger partial charge in [-0.1, -0.05) is 66.7 Å². The van der Waals surface area contributed by atoms with Gasteiger partial charge in [-0.05, 0) is 73.9 Å². The summed E-state index contributed by atoms with van der Waals surface area (Å²) in [6, 6.07) is 26.7. The van der Waals surface area contributed by atoms with E-state index in [1.165, 1.54) is 28.1 Å². The van der Waals surface area contributed by atoms with Gasteiger partial charge in [0.05, 0.1) is 18.3 Å². The van der Waals surface area contributed by atoms with Crippen LogP contribution in [-0.2, 0) is 6.42 Å². The average Bonchev–Trinajstić information content (AvgIpc) is 3.39. The minimum Gasteiger partial charge on any atom is -0.491 e. The normalized spacial score (nSPS) is 20.4. The summed E-state index contributed by atoms with van der Waals surface area (Å²) < 4.78 is 6.35. The quantitative estimate of drug-likeness (QED) is 0.271. The fraction of sp³-hybridized carbons (Fsp3) is 0.355. The third-order valence-electron chi connectivity index (χ3n) is 7.45. The number of para-hydroxylation sites is 1. The molecule has 0 aromatic heterocycles. The maximum absolute atomic E-state index is 6.35. The van der Waals surface area contributed by atoms with Crippen molar-refractivity contribution >= 4 is 11.4 Å². The van der Waals surface area contributed by atoms with Gasteiger partial charge in [0.25, 0.3) is 0 Å². The minimum atomic E-state index is 0.285. The lowest BCUT2D eigenvalue weighted by Gasteiger charge is -2.38. The van der Waals surface area contributed by atoms with Crippen LogP contribution < -0.4 is 15.0 Å². The molecule has 0 radical (unpaired) electrons. The van der Waals surface area contributed by atoms with Crippen molar-refractivity contribution in [1.82, 2.24) is 0 Å². The first-order valence-corrected chi connectivity index (χ1v) is 12.9. The molecule has 3 heteroatoms. The average molecular weight is 453 g/mol. The van der Waals surface area contributed by atoms with E-state index < -0.39 is 0 Å². The Morgan fingerprint density at radius 1 is 0.912 bits per heavy atom. The number of nitrogens with zero attached hydrogens (tertiary/aromatic N) is 1. The van der Waals surface area contributed by atoms with Crippen LogP contribution in [0.5, 0.6) is 5.75 Å². The Balaban J connectivity index is 1.34. The van der Waals surface area contributed by atoms with Gasteiger partial charge in [0, 0.05) is 24.7 Å². The molecule has 3 nitrogen and oxygen atoms in total. The zero-order chi connectivity index (χ0) is 23.3. The van der Waals surface area contributed by atoms with Crippen LogP contribution in [0.3, 0.4) is 0 Å². The zero-order valence-electron chi connectivity index (χ0n) is 20.4. The van der Waals surface area contributed by atoms with Crippen LogP contribution >= 0.6 is 0 Å². The van der Waals surface area contributed by atoms with Crippen molar-refractivity contribution in [1.29, 1.82) is 0 Å². The molecule has 3 unspecified atom stereocenters. The molecular weight excluding hydrogens is 416 g/mol. The summed E-state index contributed by atoms with van der Waals surface area (Å²) in [5, 5.41) is 3.91. The first-order valence-electron chi connectivity index (χ1n) is 12.9. The van der Waals surface area contributed by atoms with Crippen LogP contribution in [-0.4, -0.2) is 19.7 Å². The smallest absolute Gasteiger partial charge is 0.142 e. The molecule has 0 saturated heterocycles. The standard InChI is InChI=1S/C31H36N2O/c1-3-33(4-2)25-20-18-24(19-21-25)30-27-15-8-14-26(27)28-16-9-17-29(31(28)32-30)34-22-10-13-23-11-6-5-7-12-23/h5-9,11-12,14,16-21,26-27,30,32H,3-4,10,13,15,22H2,1-2H3. The number of allylic oxidation sites excluding steroid dienone is 2. The molecule has 1 aliphatic carbocycles. The van der Waals surface area contributed by atoms with Gasteiger partial charge in [0.15, 0.2) is 0 Å². The SMILES string of the molecule is CCN(CC)c1ccc(C2Nc3c(OCCCc4ccccc4)cccc3C3C=CCC32)cc1. The van der Waals surface area contributed by atoms with Crippen LogP contribution in [0.1, 0.15) is 55.3 Å². The van der Waals surface area contributed by atoms with E-state index >= 15 is 0 Å². The molecule has 34 heavy (non-hydrogen) atoms. The summed E-state index contributed by atoms with van der Waals surface area (Å²) in [7, 11) is 0. The number of ether oxygens (including phenoxy) is 1. The van der Waals surface area contributed by atoms with Gasteiger partial charge in [-0.2, -0.15) is 0 Å². The number of hydrogen-bond acceptors (Lipinski definition) is 3. The molecular formula is C31H36N2O. The number of anilines is 2. The summed E-state index contributed by atoms with van der Waals surface area (Å²) in [4.78, 5) is 2.40. The highest BCUT2D eigenvalue weighted by Crippen LogP contribution is 2.52. The van der Waals surface area contributed by atoms with E-state index in [1.807, 2.05) is 0 Å². The van der Waals surface area contributed by atoms with Crippen molar-refractivity contribution in [3.05, 3.63) is 102 Å². The third-order valence-corrected chi connectivity index (χ3v) is 7.45. The number of benzene rings is 3. The summed E-state index contributed by atoms with van der Waals surface area (Å²) >= 11 is 0. The van der Waals surface area contributed by atoms with E-state index in [0.29, 0.717) is 11.8 Å². The predicted molar refractivity (Wildman–Crippen MR) is 143 cm³/mol. The second-order valence-corrected chi connectivity index (χ2v) is 9.40. The summed E-state index contributed by atoms with van der Waals surface area (Å²) in [5.74, 6) is 1.96. The second-order valence-electron chi connectivity index (χ2n) is 9.40. The number of nitrogens with one attached hydrogen (secondary N) is 1. The van der Waals surface area contributed by atoms with E-state index in [-0.39, 0.29) is 6.04 Å². The molecule has 176 valence electrons. The Morgan fingerprint density at radius 2 is 1.71 bits per heavy atom. The summed E-state index contributed by atoms with van der Waals surface area (Å²) in [6.07, 6.45) is 7.92. The van der Waals surface area contributed by atoms with Crippen molar-refractivity contribution in [2.75, 3.05) is 29.9 Å². The summed E-state index contributed by atoms with van der Waals surface area (Å²) in [5.41, 5.74) is 6.57. The van der Waals surface area contributed by atoms with Crippen molar-refractivity contribution in [2.45, 2.75) is 45.1 Å². The Hall–Kier alpha value is -3.20. The van der Waals surface area contributed by atoms with Gasteiger partial charge in [-0.15, -0.1) is 0 Å². The topological polar surface area (TPSA) is 24.5 Å². The van der Waals surface area contributed by atoms with Crippen LogP contribution in [0.15, 0.2) is 84.9 Å². The Kier molecular flexibility index (Phi) is 6.89. The van der Waals surface area contributed by atoms with Crippen molar-refractivity contribution in [3.8, 4) is 5.75 Å². The molecule has 0 saturated carbocycles. The van der Waals surface area contributed by atoms with E-state index in [1.54, 1.807) is 0 Å². The Labute approximate surface area is 204 Å². The van der Waals surface area contributed by atoms with Crippen molar-refractivity contribution in [2.24, 2.45) is 5.92 Å². The summed E-state index contributed by atoms with van der Waals surface area (Å²) in [6.45, 7) is 7.22. The molecule has 0 bridgehead atoms. The lowest BCUT2D eigenvalue weighted by molar-refractivity contribution is 0.309. The molecule has 1 N–H and O–H groups in total. The molecule has 1 heterocycles. The molecule has 2 aliphatic rings. The van der Waals surface area contributed by atoms with Gasteiger partial charge in [-0.25, -0.2) is 0 Å². The molecule has 5 rings (SSSR count). The maximum Gasteiger partial charge on any atom is 0.142 e. The van der Waals surface area contributed by atoms with Crippen LogP contribution in [0.2, 0.25) is 0 Å². The molecule has 0 spiro atoms. The lowest BCUT2D eigenvalue weighted by Crippen LogP contribution is -2.29. The van der Waals surface area contributed by atoms with Gasteiger partial charge < -0.3 is 15.0 Å². The van der Waals surface area contributed by atoms with E-state index in [0.717, 1.165) is 44.7 Å². The highest BCUT2D eigenvalue weighted by molar-refractivity contribution is 5.68. The second kappa shape index (κ2) is 10.4. The van der Waals surface area contributed by atoms with Gasteiger partial charge in [0.1, 0.15) is 5.75 Å². The minimum absolute atomic E-state index is 0.285. The fourth-order valence-electron chi connectivity index (χ4n) is 5.63. The number of rotatable bonds is 9. The van der Waals surface area contributed by atoms with Crippen LogP contribution in [0.4, 0.5) is 11.4 Å². The van der Waals surface area contributed by atoms with E-state index in [9.17, 15) is 0 Å². The van der Waals surface area contributed by atoms with Gasteiger partial charge >= 0.3 is 0 Å². The molecule has 0 fully saturated rings. The predicted octanol–water partition coefficient (Wildman–Crippen LogP) is 7.37. The van der Waals surface area contributed by atoms with Crippen molar-refractivity contribution in [3.63, 3.8) is 0 Å². The largest absolute Gasteiger partial charge is 0.491 e. The molecule has 0 amide bonds. The van der Waals surface area contributed by atoms with Gasteiger partial charge in [0.2, 0.25) is 0 Å². The number of aryl methyl sites for hydroxylation is 1. The van der Waals surface area contributed by atoms with E-state index in [4.69, 9.17) is 4.74 Å². The molecule has 3 aromatic carbocycles. The highest BCUT2D eigenvalue weighted by Gasteiger charge is 2.39. The Bertz CT molecular complexity index is 1100. The maximum atomic E-state index is 6.35. The highest BCUT2D eigenvalue weighted by atomic mass is 16.5. The first-order chi connectivity index (χ1) is 16.8. The molecule has 3 atom stereocenters. The number of hydrogen-bond donors (Lipinski definition) is 1. The Morgan fingerprint density at radius 3 is 2.47 bits per heavy atom. The molecule has 1 aliphatic heterocycles. The third kappa shape index (κ3) is 4.57. The monoisotopic (exact) mass is 452 g/mol. The van der Waals surface area contributed by atoms with Gasteiger partial charge in [-0.3, -0.25) is 0 Å². The van der Waals surface area contributed by atoms with Crippen LogP contribution in [0.25, 0.3) is 0 Å². The molecule has 3 aromatic rings.